The topological polar surface area (TPSA) is 67.5 Å². The van der Waals surface area contributed by atoms with Crippen LogP contribution in [0.4, 0.5) is 0 Å². The molecule has 0 atom stereocenters. The summed E-state index contributed by atoms with van der Waals surface area (Å²) in [6, 6.07) is 0. The highest BCUT2D eigenvalue weighted by atomic mass is 35.5. The number of nitrogens with zero attached hydrogens (tertiary/aromatic N) is 2. The van der Waals surface area contributed by atoms with E-state index in [2.05, 4.69) is 10.3 Å². The number of allylic oxidation sites excluding steroid dienone is 1. The van der Waals surface area contributed by atoms with E-state index in [0.29, 0.717) is 0 Å². The number of rotatable bonds is 1. The van der Waals surface area contributed by atoms with E-state index >= 15 is 0 Å². The van der Waals surface area contributed by atoms with Gasteiger partial charge in [0.05, 0.1) is 4.92 Å². The molecule has 60 valence electrons. The quantitative estimate of drug-likeness (QED) is 0.384. The monoisotopic (exact) mass is 195 g/mol. The van der Waals surface area contributed by atoms with Crippen LogP contribution in [0.3, 0.4) is 0 Å². The summed E-state index contributed by atoms with van der Waals surface area (Å²) in [6.45, 7) is 0.176. The van der Waals surface area contributed by atoms with Gasteiger partial charge in [-0.25, -0.2) is 4.99 Å². The van der Waals surface area contributed by atoms with Crippen LogP contribution in [0.5, 0.6) is 0 Å². The van der Waals surface area contributed by atoms with Crippen molar-refractivity contribution in [2.75, 3.05) is 6.67 Å². The second-order valence-electron chi connectivity index (χ2n) is 1.70. The van der Waals surface area contributed by atoms with Gasteiger partial charge in [-0.15, -0.1) is 0 Å². The van der Waals surface area contributed by atoms with Crippen molar-refractivity contribution < 1.29 is 4.92 Å². The van der Waals surface area contributed by atoms with Gasteiger partial charge in [-0.1, -0.05) is 23.2 Å². The molecule has 11 heavy (non-hydrogen) atoms. The first-order valence-corrected chi connectivity index (χ1v) is 3.37. The van der Waals surface area contributed by atoms with Crippen molar-refractivity contribution in [1.82, 2.24) is 5.32 Å². The van der Waals surface area contributed by atoms with Crippen LogP contribution in [0, 0.1) is 10.1 Å². The Hall–Kier alpha value is -0.810. The number of aliphatic imine (C=N–C) groups is 1. The van der Waals surface area contributed by atoms with Gasteiger partial charge >= 0.3 is 5.70 Å². The van der Waals surface area contributed by atoms with Crippen molar-refractivity contribution in [2.45, 2.75) is 0 Å². The summed E-state index contributed by atoms with van der Waals surface area (Å²) in [7, 11) is 0. The van der Waals surface area contributed by atoms with Gasteiger partial charge in [-0.2, -0.15) is 0 Å². The molecule has 0 saturated carbocycles. The summed E-state index contributed by atoms with van der Waals surface area (Å²) in [5, 5.41) is 12.5. The SMILES string of the molecule is O=[N+]([O-])C1=C(Cl)NCN=C1Cl. The number of hydrogen-bond donors (Lipinski definition) is 1. The molecule has 7 heteroatoms. The molecule has 0 aromatic rings. The van der Waals surface area contributed by atoms with Gasteiger partial charge in [0.15, 0.2) is 5.16 Å². The minimum Gasteiger partial charge on any atom is -0.351 e. The molecule has 0 aliphatic carbocycles. The number of halogens is 2. The lowest BCUT2D eigenvalue weighted by Gasteiger charge is -2.07. The predicted molar refractivity (Wildman–Crippen MR) is 41.2 cm³/mol. The zero-order valence-electron chi connectivity index (χ0n) is 5.17. The lowest BCUT2D eigenvalue weighted by molar-refractivity contribution is -0.415. The highest BCUT2D eigenvalue weighted by molar-refractivity contribution is 6.69. The van der Waals surface area contributed by atoms with Gasteiger partial charge < -0.3 is 5.32 Å². The molecule has 0 aromatic heterocycles. The molecule has 0 unspecified atom stereocenters. The van der Waals surface area contributed by atoms with Crippen molar-refractivity contribution in [1.29, 1.82) is 0 Å². The van der Waals surface area contributed by atoms with Crippen LogP contribution in [-0.4, -0.2) is 16.8 Å². The van der Waals surface area contributed by atoms with Gasteiger partial charge in [0.2, 0.25) is 5.17 Å². The fourth-order valence-corrected chi connectivity index (χ4v) is 1.07. The largest absolute Gasteiger partial charge is 0.351 e. The normalized spacial score (nSPS) is 17.5. The Kier molecular flexibility index (Phi) is 2.31. The summed E-state index contributed by atoms with van der Waals surface area (Å²) in [4.78, 5) is 13.1. The molecule has 0 aromatic carbocycles. The number of nitrogens with one attached hydrogen (secondary N) is 1. The Morgan fingerprint density at radius 1 is 1.64 bits per heavy atom. The van der Waals surface area contributed by atoms with Crippen LogP contribution < -0.4 is 5.32 Å². The van der Waals surface area contributed by atoms with Gasteiger partial charge in [-0.3, -0.25) is 10.1 Å². The zero-order valence-corrected chi connectivity index (χ0v) is 6.69. The molecule has 0 fully saturated rings. The standard InChI is InChI=1S/C4H3Cl2N3O2/c5-3-2(9(10)11)4(6)8-1-7-3/h7H,1H2. The summed E-state index contributed by atoms with van der Waals surface area (Å²) < 4.78 is 0. The number of nitro groups is 1. The highest BCUT2D eigenvalue weighted by Crippen LogP contribution is 2.14. The van der Waals surface area contributed by atoms with E-state index in [1.54, 1.807) is 0 Å². The van der Waals surface area contributed by atoms with Crippen LogP contribution in [0.2, 0.25) is 0 Å². The molecule has 0 radical (unpaired) electrons. The number of hydrogen-bond acceptors (Lipinski definition) is 4. The Labute approximate surface area is 71.8 Å². The molecule has 1 N–H and O–H groups in total. The molecular weight excluding hydrogens is 193 g/mol. The van der Waals surface area contributed by atoms with E-state index in [-0.39, 0.29) is 22.7 Å². The lowest BCUT2D eigenvalue weighted by Crippen LogP contribution is -2.23. The molecule has 0 spiro atoms. The van der Waals surface area contributed by atoms with Crippen molar-refractivity contribution in [3.8, 4) is 0 Å². The third-order valence-corrected chi connectivity index (χ3v) is 1.65. The molecule has 0 bridgehead atoms. The maximum Gasteiger partial charge on any atom is 0.340 e. The summed E-state index contributed by atoms with van der Waals surface area (Å²) in [5.74, 6) is 0. The first kappa shape index (κ1) is 8.29. The van der Waals surface area contributed by atoms with Crippen molar-refractivity contribution in [3.05, 3.63) is 21.0 Å². The molecule has 1 aliphatic heterocycles. The highest BCUT2D eigenvalue weighted by Gasteiger charge is 2.25. The second-order valence-corrected chi connectivity index (χ2v) is 2.44. The van der Waals surface area contributed by atoms with Crippen LogP contribution in [0.15, 0.2) is 15.8 Å². The van der Waals surface area contributed by atoms with Gasteiger partial charge in [0.1, 0.15) is 6.67 Å². The van der Waals surface area contributed by atoms with Crippen molar-refractivity contribution in [2.24, 2.45) is 4.99 Å². The predicted octanol–water partition coefficient (Wildman–Crippen LogP) is 0.869. The zero-order chi connectivity index (χ0) is 8.43. The van der Waals surface area contributed by atoms with Crippen LogP contribution in [0.1, 0.15) is 0 Å². The van der Waals surface area contributed by atoms with Gasteiger partial charge in [0, 0.05) is 0 Å². The molecule has 1 heterocycles. The van der Waals surface area contributed by atoms with Crippen LogP contribution in [-0.2, 0) is 0 Å². The van der Waals surface area contributed by atoms with Gasteiger partial charge in [0.25, 0.3) is 0 Å². The first-order chi connectivity index (χ1) is 5.13. The van der Waals surface area contributed by atoms with E-state index in [1.807, 2.05) is 0 Å². The van der Waals surface area contributed by atoms with Crippen molar-refractivity contribution in [3.63, 3.8) is 0 Å². The maximum absolute atomic E-state index is 10.2. The molecule has 5 nitrogen and oxygen atoms in total. The summed E-state index contributed by atoms with van der Waals surface area (Å²) in [6.07, 6.45) is 0. The summed E-state index contributed by atoms with van der Waals surface area (Å²) in [5.41, 5.74) is -0.375. The van der Waals surface area contributed by atoms with E-state index in [9.17, 15) is 10.1 Å². The Morgan fingerprint density at radius 3 is 2.64 bits per heavy atom. The summed E-state index contributed by atoms with van der Waals surface area (Å²) >= 11 is 10.8. The van der Waals surface area contributed by atoms with Crippen molar-refractivity contribution >= 4 is 28.4 Å². The Bertz CT molecular complexity index is 260. The average molecular weight is 196 g/mol. The molecule has 1 rings (SSSR count). The smallest absolute Gasteiger partial charge is 0.340 e. The Morgan fingerprint density at radius 2 is 2.27 bits per heavy atom. The third-order valence-electron chi connectivity index (χ3n) is 1.04. The second kappa shape index (κ2) is 3.06. The van der Waals surface area contributed by atoms with E-state index in [0.717, 1.165) is 0 Å². The van der Waals surface area contributed by atoms with E-state index < -0.39 is 4.92 Å². The average Bonchev–Trinajstić information content (AvgIpc) is 1.85. The Balaban J connectivity index is 3.04. The maximum atomic E-state index is 10.2. The van der Waals surface area contributed by atoms with Crippen LogP contribution >= 0.6 is 23.2 Å². The molecule has 0 saturated heterocycles. The molecular formula is C4H3Cl2N3O2. The minimum absolute atomic E-state index is 0.0741. The van der Waals surface area contributed by atoms with E-state index in [4.69, 9.17) is 23.2 Å². The van der Waals surface area contributed by atoms with E-state index in [1.165, 1.54) is 0 Å². The van der Waals surface area contributed by atoms with Gasteiger partial charge in [-0.05, 0) is 0 Å². The molecule has 1 aliphatic rings. The van der Waals surface area contributed by atoms with Crippen LogP contribution in [0.25, 0.3) is 0 Å². The third kappa shape index (κ3) is 1.61. The first-order valence-electron chi connectivity index (χ1n) is 2.61. The lowest BCUT2D eigenvalue weighted by atomic mass is 10.5. The minimum atomic E-state index is -0.680. The molecule has 0 amide bonds. The fourth-order valence-electron chi connectivity index (χ4n) is 0.583. The fraction of sp³-hybridized carbons (Fsp3) is 0.250.